The highest BCUT2D eigenvalue weighted by Crippen LogP contribution is 2.34. The smallest absolute Gasteiger partial charge is 0.311 e. The highest BCUT2D eigenvalue weighted by atomic mass is 32.2. The Labute approximate surface area is 162 Å². The maximum absolute atomic E-state index is 11.5. The van der Waals surface area contributed by atoms with Gasteiger partial charge in [0.05, 0.1) is 9.82 Å². The number of nitrogens with zero attached hydrogens (tertiary/aromatic N) is 1. The molecule has 0 heterocycles. The first-order chi connectivity index (χ1) is 13.3. The quantitative estimate of drug-likeness (QED) is 0.432. The Kier molecular flexibility index (Phi) is 5.60. The minimum atomic E-state index is -3.30. The molecule has 0 saturated carbocycles. The van der Waals surface area contributed by atoms with Crippen LogP contribution in [-0.2, 0) is 16.4 Å². The molecule has 144 valence electrons. The van der Waals surface area contributed by atoms with Crippen LogP contribution in [0.5, 0.6) is 17.2 Å². The summed E-state index contributed by atoms with van der Waals surface area (Å²) in [5, 5.41) is 11.3. The van der Waals surface area contributed by atoms with E-state index in [9.17, 15) is 18.5 Å². The second-order valence-electron chi connectivity index (χ2n) is 6.01. The molecular formula is C20H17NO6S. The molecule has 0 bridgehead atoms. The Morgan fingerprint density at radius 3 is 2.18 bits per heavy atom. The fraction of sp³-hybridized carbons (Fsp3) is 0.100. The van der Waals surface area contributed by atoms with Crippen LogP contribution in [0.15, 0.2) is 77.7 Å². The summed E-state index contributed by atoms with van der Waals surface area (Å²) in [5.74, 6) is 0.815. The molecule has 0 amide bonds. The molecule has 7 nitrogen and oxygen atoms in total. The molecule has 28 heavy (non-hydrogen) atoms. The molecule has 0 aliphatic carbocycles. The summed E-state index contributed by atoms with van der Waals surface area (Å²) in [6.07, 6.45) is 1.12. The molecule has 0 spiro atoms. The first-order valence-corrected chi connectivity index (χ1v) is 10.2. The highest BCUT2D eigenvalue weighted by Gasteiger charge is 2.17. The van der Waals surface area contributed by atoms with Gasteiger partial charge >= 0.3 is 5.69 Å². The fourth-order valence-electron chi connectivity index (χ4n) is 2.45. The molecular weight excluding hydrogens is 382 g/mol. The van der Waals surface area contributed by atoms with Crippen molar-refractivity contribution in [2.45, 2.75) is 11.5 Å². The van der Waals surface area contributed by atoms with Crippen molar-refractivity contribution in [1.29, 1.82) is 0 Å². The molecule has 0 N–H and O–H groups in total. The second kappa shape index (κ2) is 8.10. The third-order valence-corrected chi connectivity index (χ3v) is 4.98. The molecule has 0 aliphatic rings. The van der Waals surface area contributed by atoms with Crippen molar-refractivity contribution in [1.82, 2.24) is 0 Å². The Morgan fingerprint density at radius 1 is 0.929 bits per heavy atom. The third-order valence-electron chi connectivity index (χ3n) is 3.85. The molecule has 0 fully saturated rings. The van der Waals surface area contributed by atoms with E-state index < -0.39 is 14.8 Å². The van der Waals surface area contributed by atoms with Gasteiger partial charge in [-0.25, -0.2) is 8.42 Å². The van der Waals surface area contributed by atoms with E-state index in [1.165, 1.54) is 42.5 Å². The lowest BCUT2D eigenvalue weighted by Crippen LogP contribution is -1.99. The SMILES string of the molecule is CS(=O)(=O)c1ccc(Oc2ccc([N+](=O)[O-])c(OCc3ccccc3)c2)cc1. The van der Waals surface area contributed by atoms with Gasteiger partial charge in [0.25, 0.3) is 0 Å². The van der Waals surface area contributed by atoms with Crippen LogP contribution >= 0.6 is 0 Å². The molecule has 3 rings (SSSR count). The zero-order chi connectivity index (χ0) is 20.1. The summed E-state index contributed by atoms with van der Waals surface area (Å²) in [5.41, 5.74) is 0.704. The molecule has 8 heteroatoms. The largest absolute Gasteiger partial charge is 0.482 e. The molecule has 0 atom stereocenters. The maximum Gasteiger partial charge on any atom is 0.311 e. The predicted molar refractivity (Wildman–Crippen MR) is 103 cm³/mol. The van der Waals surface area contributed by atoms with Crippen molar-refractivity contribution in [3.8, 4) is 17.2 Å². The Balaban J connectivity index is 1.81. The van der Waals surface area contributed by atoms with Crippen molar-refractivity contribution in [2.75, 3.05) is 6.26 Å². The summed E-state index contributed by atoms with van der Waals surface area (Å²) < 4.78 is 34.3. The van der Waals surface area contributed by atoms with Gasteiger partial charge in [0.15, 0.2) is 9.84 Å². The van der Waals surface area contributed by atoms with Crippen LogP contribution in [0.4, 0.5) is 5.69 Å². The lowest BCUT2D eigenvalue weighted by Gasteiger charge is -2.10. The number of rotatable bonds is 7. The van der Waals surface area contributed by atoms with E-state index in [4.69, 9.17) is 9.47 Å². The van der Waals surface area contributed by atoms with Crippen LogP contribution in [0.25, 0.3) is 0 Å². The number of nitro groups is 1. The number of hydrogen-bond donors (Lipinski definition) is 0. The number of benzene rings is 3. The number of hydrogen-bond acceptors (Lipinski definition) is 6. The summed E-state index contributed by atoms with van der Waals surface area (Å²) in [6.45, 7) is 0.175. The molecule has 0 radical (unpaired) electrons. The Hall–Kier alpha value is -3.39. The van der Waals surface area contributed by atoms with Crippen LogP contribution in [0, 0.1) is 10.1 Å². The van der Waals surface area contributed by atoms with Gasteiger partial charge in [0, 0.05) is 18.4 Å². The van der Waals surface area contributed by atoms with Crippen LogP contribution in [0.1, 0.15) is 5.56 Å². The molecule has 3 aromatic carbocycles. The van der Waals surface area contributed by atoms with E-state index >= 15 is 0 Å². The average molecular weight is 399 g/mol. The zero-order valence-corrected chi connectivity index (χ0v) is 15.8. The molecule has 3 aromatic rings. The molecule has 0 unspecified atom stereocenters. The second-order valence-corrected chi connectivity index (χ2v) is 8.02. The van der Waals surface area contributed by atoms with Crippen molar-refractivity contribution in [2.24, 2.45) is 0 Å². The summed E-state index contributed by atoms with van der Waals surface area (Å²) >= 11 is 0. The van der Waals surface area contributed by atoms with Gasteiger partial charge in [-0.3, -0.25) is 10.1 Å². The molecule has 0 saturated heterocycles. The van der Waals surface area contributed by atoms with E-state index in [1.807, 2.05) is 30.3 Å². The molecule has 0 aromatic heterocycles. The third kappa shape index (κ3) is 4.86. The van der Waals surface area contributed by atoms with Gasteiger partial charge in [-0.2, -0.15) is 0 Å². The lowest BCUT2D eigenvalue weighted by molar-refractivity contribution is -0.386. The normalized spacial score (nSPS) is 11.0. The summed E-state index contributed by atoms with van der Waals surface area (Å²) in [7, 11) is -3.30. The monoisotopic (exact) mass is 399 g/mol. The van der Waals surface area contributed by atoms with Crippen LogP contribution in [0.3, 0.4) is 0 Å². The minimum Gasteiger partial charge on any atom is -0.482 e. The first kappa shape index (κ1) is 19.4. The number of ether oxygens (including phenoxy) is 2. The highest BCUT2D eigenvalue weighted by molar-refractivity contribution is 7.90. The van der Waals surface area contributed by atoms with E-state index in [2.05, 4.69) is 0 Å². The van der Waals surface area contributed by atoms with Crippen molar-refractivity contribution in [3.63, 3.8) is 0 Å². The Bertz CT molecular complexity index is 1080. The van der Waals surface area contributed by atoms with Crippen LogP contribution < -0.4 is 9.47 Å². The zero-order valence-electron chi connectivity index (χ0n) is 14.9. The van der Waals surface area contributed by atoms with Crippen LogP contribution in [-0.4, -0.2) is 19.6 Å². The van der Waals surface area contributed by atoms with E-state index in [0.29, 0.717) is 11.5 Å². The standard InChI is InChI=1S/C20H17NO6S/c1-28(24,25)18-10-7-16(8-11-18)27-17-9-12-19(21(22)23)20(13-17)26-14-15-5-3-2-4-6-15/h2-13H,14H2,1H3. The van der Waals surface area contributed by atoms with Gasteiger partial charge in [0.2, 0.25) is 5.75 Å². The first-order valence-electron chi connectivity index (χ1n) is 8.26. The minimum absolute atomic E-state index is 0.0825. The van der Waals surface area contributed by atoms with Crippen molar-refractivity contribution >= 4 is 15.5 Å². The average Bonchev–Trinajstić information content (AvgIpc) is 2.67. The van der Waals surface area contributed by atoms with E-state index in [0.717, 1.165) is 11.8 Å². The van der Waals surface area contributed by atoms with Gasteiger partial charge in [-0.15, -0.1) is 0 Å². The summed E-state index contributed by atoms with van der Waals surface area (Å²) in [4.78, 5) is 10.9. The van der Waals surface area contributed by atoms with Crippen molar-refractivity contribution < 1.29 is 22.8 Å². The topological polar surface area (TPSA) is 95.7 Å². The maximum atomic E-state index is 11.5. The lowest BCUT2D eigenvalue weighted by atomic mass is 10.2. The Morgan fingerprint density at radius 2 is 1.57 bits per heavy atom. The number of sulfone groups is 1. The van der Waals surface area contributed by atoms with Crippen molar-refractivity contribution in [3.05, 3.63) is 88.5 Å². The predicted octanol–water partition coefficient (Wildman–Crippen LogP) is 4.37. The van der Waals surface area contributed by atoms with E-state index in [1.54, 1.807) is 0 Å². The fourth-order valence-corrected chi connectivity index (χ4v) is 3.08. The van der Waals surface area contributed by atoms with E-state index in [-0.39, 0.29) is 22.9 Å². The number of nitro benzene ring substituents is 1. The summed E-state index contributed by atoms with van der Waals surface area (Å²) in [6, 6.07) is 19.4. The molecule has 0 aliphatic heterocycles. The van der Waals surface area contributed by atoms with Crippen LogP contribution in [0.2, 0.25) is 0 Å². The van der Waals surface area contributed by atoms with Gasteiger partial charge < -0.3 is 9.47 Å². The van der Waals surface area contributed by atoms with Gasteiger partial charge in [-0.1, -0.05) is 30.3 Å². The van der Waals surface area contributed by atoms with Gasteiger partial charge in [-0.05, 0) is 35.9 Å². The van der Waals surface area contributed by atoms with Gasteiger partial charge in [0.1, 0.15) is 18.1 Å².